The molecular weight excluding hydrogens is 288 g/mol. The average molecular weight is 307 g/mol. The Balaban J connectivity index is 0.00000220. The van der Waals surface area contributed by atoms with Crippen LogP contribution in [0.1, 0.15) is 27.0 Å². The van der Waals surface area contributed by atoms with Crippen LogP contribution in [0.3, 0.4) is 0 Å². The molecule has 0 fully saturated rings. The highest BCUT2D eigenvalue weighted by Crippen LogP contribution is 2.23. The van der Waals surface area contributed by atoms with Gasteiger partial charge < -0.3 is 10.1 Å². The van der Waals surface area contributed by atoms with Gasteiger partial charge in [-0.15, -0.1) is 12.4 Å². The van der Waals surface area contributed by atoms with Gasteiger partial charge >= 0.3 is 0 Å². The fourth-order valence-electron chi connectivity index (χ4n) is 2.04. The lowest BCUT2D eigenvalue weighted by molar-refractivity contribution is 0.0950. The molecule has 4 nitrogen and oxygen atoms in total. The predicted octanol–water partition coefficient (Wildman–Crippen LogP) is 3.06. The first-order chi connectivity index (χ1) is 9.63. The van der Waals surface area contributed by atoms with Crippen LogP contribution in [0.2, 0.25) is 0 Å². The third kappa shape index (κ3) is 3.95. The topological polar surface area (TPSA) is 51.2 Å². The number of pyridine rings is 1. The van der Waals surface area contributed by atoms with E-state index in [9.17, 15) is 4.79 Å². The summed E-state index contributed by atoms with van der Waals surface area (Å²) in [6.45, 7) is 4.54. The highest BCUT2D eigenvalue weighted by molar-refractivity contribution is 5.93. The summed E-state index contributed by atoms with van der Waals surface area (Å²) in [4.78, 5) is 15.9. The summed E-state index contributed by atoms with van der Waals surface area (Å²) < 4.78 is 5.28. The molecule has 0 unspecified atom stereocenters. The summed E-state index contributed by atoms with van der Waals surface area (Å²) in [5, 5.41) is 2.90. The van der Waals surface area contributed by atoms with E-state index in [-0.39, 0.29) is 18.3 Å². The number of benzene rings is 1. The minimum absolute atomic E-state index is 0. The fourth-order valence-corrected chi connectivity index (χ4v) is 2.04. The fraction of sp³-hybridized carbons (Fsp3) is 0.250. The van der Waals surface area contributed by atoms with E-state index < -0.39 is 0 Å². The quantitative estimate of drug-likeness (QED) is 0.944. The van der Waals surface area contributed by atoms with E-state index in [0.717, 1.165) is 22.4 Å². The van der Waals surface area contributed by atoms with Gasteiger partial charge in [-0.2, -0.15) is 0 Å². The van der Waals surface area contributed by atoms with Gasteiger partial charge in [0.25, 0.3) is 5.91 Å². The van der Waals surface area contributed by atoms with Crippen LogP contribution >= 0.6 is 12.4 Å². The highest BCUT2D eigenvalue weighted by atomic mass is 35.5. The lowest BCUT2D eigenvalue weighted by Gasteiger charge is -2.13. The van der Waals surface area contributed by atoms with Crippen LogP contribution in [0.4, 0.5) is 0 Å². The van der Waals surface area contributed by atoms with Crippen molar-refractivity contribution in [1.29, 1.82) is 0 Å². The molecule has 2 aromatic rings. The number of carbonyl (C=O) groups is 1. The van der Waals surface area contributed by atoms with Crippen LogP contribution < -0.4 is 10.1 Å². The van der Waals surface area contributed by atoms with Gasteiger partial charge in [0, 0.05) is 18.9 Å². The number of methoxy groups -OCH3 is 1. The number of nitrogens with one attached hydrogen (secondary N) is 1. The molecule has 0 atom stereocenters. The Morgan fingerprint density at radius 1 is 1.24 bits per heavy atom. The molecule has 0 aliphatic rings. The van der Waals surface area contributed by atoms with Crippen LogP contribution in [-0.4, -0.2) is 18.0 Å². The minimum atomic E-state index is -0.119. The van der Waals surface area contributed by atoms with Gasteiger partial charge in [-0.3, -0.25) is 9.78 Å². The zero-order valence-corrected chi connectivity index (χ0v) is 13.2. The molecule has 1 amide bonds. The summed E-state index contributed by atoms with van der Waals surface area (Å²) in [5.41, 5.74) is 3.88. The normalized spacial score (nSPS) is 9.67. The Morgan fingerprint density at radius 3 is 2.62 bits per heavy atom. The van der Waals surface area contributed by atoms with Crippen molar-refractivity contribution in [3.05, 3.63) is 58.9 Å². The zero-order valence-electron chi connectivity index (χ0n) is 12.3. The maximum absolute atomic E-state index is 12.0. The second-order valence-electron chi connectivity index (χ2n) is 4.60. The Labute approximate surface area is 131 Å². The van der Waals surface area contributed by atoms with E-state index in [4.69, 9.17) is 4.74 Å². The first kappa shape index (κ1) is 17.0. The number of nitrogens with zero attached hydrogens (tertiary/aromatic N) is 1. The number of halogens is 1. The number of ether oxygens (including phenoxy) is 1. The number of rotatable bonds is 4. The second kappa shape index (κ2) is 7.64. The molecule has 1 aromatic heterocycles. The lowest BCUT2D eigenvalue weighted by atomic mass is 10.0. The molecule has 1 N–H and O–H groups in total. The Bertz CT molecular complexity index is 615. The molecule has 21 heavy (non-hydrogen) atoms. The minimum Gasteiger partial charge on any atom is -0.496 e. The third-order valence-electron chi connectivity index (χ3n) is 3.43. The van der Waals surface area contributed by atoms with Gasteiger partial charge in [-0.05, 0) is 48.7 Å². The molecule has 0 bridgehead atoms. The summed E-state index contributed by atoms with van der Waals surface area (Å²) in [5.74, 6) is 0.746. The first-order valence-corrected chi connectivity index (χ1v) is 6.44. The van der Waals surface area contributed by atoms with Crippen LogP contribution in [0.25, 0.3) is 0 Å². The van der Waals surface area contributed by atoms with Gasteiger partial charge in [-0.25, -0.2) is 0 Å². The highest BCUT2D eigenvalue weighted by Gasteiger charge is 2.09. The van der Waals surface area contributed by atoms with Gasteiger partial charge in [0.2, 0.25) is 0 Å². The molecule has 1 aromatic carbocycles. The number of hydrogen-bond donors (Lipinski definition) is 1. The molecule has 5 heteroatoms. The number of hydrogen-bond acceptors (Lipinski definition) is 3. The SMILES string of the molecule is COc1ccc(CNC(=O)c2cccnc2)c(C)c1C.Cl. The van der Waals surface area contributed by atoms with Crippen molar-refractivity contribution in [2.75, 3.05) is 7.11 Å². The number of amides is 1. The van der Waals surface area contributed by atoms with Crippen molar-refractivity contribution in [2.24, 2.45) is 0 Å². The summed E-state index contributed by atoms with van der Waals surface area (Å²) in [6, 6.07) is 7.39. The number of aromatic nitrogens is 1. The summed E-state index contributed by atoms with van der Waals surface area (Å²) in [6.07, 6.45) is 3.20. The first-order valence-electron chi connectivity index (χ1n) is 6.44. The Morgan fingerprint density at radius 2 is 2.00 bits per heavy atom. The maximum atomic E-state index is 12.0. The van der Waals surface area contributed by atoms with Gasteiger partial charge in [-0.1, -0.05) is 6.07 Å². The molecule has 0 aliphatic heterocycles. The molecule has 0 spiro atoms. The molecule has 0 saturated carbocycles. The standard InChI is InChI=1S/C16H18N2O2.ClH/c1-11-12(2)15(20-3)7-6-13(11)10-18-16(19)14-5-4-8-17-9-14;/h4-9H,10H2,1-3H3,(H,18,19);1H. The van der Waals surface area contributed by atoms with Crippen molar-refractivity contribution >= 4 is 18.3 Å². The Hall–Kier alpha value is -2.07. The molecule has 112 valence electrons. The zero-order chi connectivity index (χ0) is 14.5. The van der Waals surface area contributed by atoms with Crippen molar-refractivity contribution in [1.82, 2.24) is 10.3 Å². The monoisotopic (exact) mass is 306 g/mol. The van der Waals surface area contributed by atoms with E-state index in [0.29, 0.717) is 12.1 Å². The van der Waals surface area contributed by atoms with E-state index in [2.05, 4.69) is 10.3 Å². The Kier molecular flexibility index (Phi) is 6.18. The van der Waals surface area contributed by atoms with E-state index >= 15 is 0 Å². The largest absolute Gasteiger partial charge is 0.496 e. The van der Waals surface area contributed by atoms with Crippen LogP contribution in [0, 0.1) is 13.8 Å². The van der Waals surface area contributed by atoms with E-state index in [1.165, 1.54) is 0 Å². The second-order valence-corrected chi connectivity index (χ2v) is 4.60. The van der Waals surface area contributed by atoms with Gasteiger partial charge in [0.1, 0.15) is 5.75 Å². The molecule has 1 heterocycles. The van der Waals surface area contributed by atoms with Crippen LogP contribution in [-0.2, 0) is 6.54 Å². The van der Waals surface area contributed by atoms with Crippen molar-refractivity contribution in [2.45, 2.75) is 20.4 Å². The lowest BCUT2D eigenvalue weighted by Crippen LogP contribution is -2.23. The molecule has 2 rings (SSSR count). The molecule has 0 radical (unpaired) electrons. The van der Waals surface area contributed by atoms with Gasteiger partial charge in [0.15, 0.2) is 0 Å². The molecule has 0 saturated heterocycles. The van der Waals surface area contributed by atoms with Crippen molar-refractivity contribution in [3.8, 4) is 5.75 Å². The van der Waals surface area contributed by atoms with Crippen molar-refractivity contribution < 1.29 is 9.53 Å². The van der Waals surface area contributed by atoms with Crippen LogP contribution in [0.5, 0.6) is 5.75 Å². The summed E-state index contributed by atoms with van der Waals surface area (Å²) >= 11 is 0. The van der Waals surface area contributed by atoms with E-state index in [1.54, 1.807) is 31.6 Å². The number of carbonyl (C=O) groups excluding carboxylic acids is 1. The summed E-state index contributed by atoms with van der Waals surface area (Å²) in [7, 11) is 1.66. The van der Waals surface area contributed by atoms with Crippen LogP contribution in [0.15, 0.2) is 36.7 Å². The maximum Gasteiger partial charge on any atom is 0.253 e. The molecule has 0 aliphatic carbocycles. The molecular formula is C16H19ClN2O2. The van der Waals surface area contributed by atoms with Crippen molar-refractivity contribution in [3.63, 3.8) is 0 Å². The predicted molar refractivity (Wildman–Crippen MR) is 85.1 cm³/mol. The smallest absolute Gasteiger partial charge is 0.253 e. The average Bonchev–Trinajstić information content (AvgIpc) is 2.49. The van der Waals surface area contributed by atoms with Gasteiger partial charge in [0.05, 0.1) is 12.7 Å². The van der Waals surface area contributed by atoms with E-state index in [1.807, 2.05) is 26.0 Å². The third-order valence-corrected chi connectivity index (χ3v) is 3.43.